The Bertz CT molecular complexity index is 1470. The predicted octanol–water partition coefficient (Wildman–Crippen LogP) is 3.77. The van der Waals surface area contributed by atoms with E-state index < -0.39 is 5.82 Å². The number of morpholine rings is 1. The smallest absolute Gasteiger partial charge is 0.279 e. The predicted molar refractivity (Wildman–Crippen MR) is 128 cm³/mol. The summed E-state index contributed by atoms with van der Waals surface area (Å²) in [5, 5.41) is 0.267. The van der Waals surface area contributed by atoms with Crippen LogP contribution in [0.2, 0.25) is 5.02 Å². The van der Waals surface area contributed by atoms with Crippen LogP contribution in [0, 0.1) is 19.7 Å². The molecule has 3 aromatic heterocycles. The number of hydrogen-bond donors (Lipinski definition) is 0. The number of nitrogens with zero attached hydrogens (tertiary/aromatic N) is 6. The van der Waals surface area contributed by atoms with Crippen molar-refractivity contribution in [3.8, 4) is 11.3 Å². The minimum atomic E-state index is -0.550. The number of rotatable bonds is 3. The van der Waals surface area contributed by atoms with Crippen LogP contribution in [0.15, 0.2) is 41.3 Å². The average Bonchev–Trinajstić information content (AvgIpc) is 2.82. The number of benzene rings is 1. The lowest BCUT2D eigenvalue weighted by atomic mass is 10.1. The summed E-state index contributed by atoms with van der Waals surface area (Å²) in [4.78, 5) is 33.1. The van der Waals surface area contributed by atoms with Crippen LogP contribution < -0.4 is 10.5 Å². The molecule has 0 radical (unpaired) electrons. The second-order valence-corrected chi connectivity index (χ2v) is 8.69. The largest absolute Gasteiger partial charge is 0.370 e. The molecule has 4 aromatic rings. The maximum Gasteiger partial charge on any atom is 0.279 e. The van der Waals surface area contributed by atoms with Gasteiger partial charge in [-0.15, -0.1) is 0 Å². The van der Waals surface area contributed by atoms with E-state index in [1.807, 2.05) is 24.0 Å². The highest BCUT2D eigenvalue weighted by atomic mass is 35.5. The fraction of sp³-hybridized carbons (Fsp3) is 0.292. The van der Waals surface area contributed by atoms with E-state index in [0.717, 1.165) is 11.3 Å². The van der Waals surface area contributed by atoms with Gasteiger partial charge in [-0.2, -0.15) is 0 Å². The van der Waals surface area contributed by atoms with Crippen molar-refractivity contribution in [3.63, 3.8) is 0 Å². The van der Waals surface area contributed by atoms with Gasteiger partial charge in [-0.25, -0.2) is 19.3 Å². The first-order chi connectivity index (χ1) is 16.3. The highest BCUT2D eigenvalue weighted by Crippen LogP contribution is 2.31. The minimum Gasteiger partial charge on any atom is -0.370 e. The van der Waals surface area contributed by atoms with Crippen molar-refractivity contribution < 1.29 is 9.13 Å². The van der Waals surface area contributed by atoms with Crippen LogP contribution >= 0.6 is 11.6 Å². The molecule has 34 heavy (non-hydrogen) atoms. The van der Waals surface area contributed by atoms with Gasteiger partial charge < -0.3 is 9.64 Å². The van der Waals surface area contributed by atoms with E-state index in [-0.39, 0.29) is 39.0 Å². The third-order valence-electron chi connectivity index (χ3n) is 5.97. The number of ether oxygens (including phenoxy) is 1. The molecule has 174 valence electrons. The maximum absolute atomic E-state index is 14.9. The van der Waals surface area contributed by atoms with Crippen molar-refractivity contribution in [1.82, 2.24) is 24.5 Å². The van der Waals surface area contributed by atoms with E-state index in [1.165, 1.54) is 10.6 Å². The first-order valence-corrected chi connectivity index (χ1v) is 11.2. The van der Waals surface area contributed by atoms with Gasteiger partial charge in [-0.1, -0.05) is 11.6 Å². The van der Waals surface area contributed by atoms with E-state index in [0.29, 0.717) is 31.5 Å². The molecule has 0 N–H and O–H groups in total. The summed E-state index contributed by atoms with van der Waals surface area (Å²) in [7, 11) is 1.63. The van der Waals surface area contributed by atoms with Crippen molar-refractivity contribution in [2.45, 2.75) is 20.0 Å². The van der Waals surface area contributed by atoms with Gasteiger partial charge in [-0.05, 0) is 49.7 Å². The maximum atomic E-state index is 14.9. The number of anilines is 1. The zero-order chi connectivity index (χ0) is 24.0. The van der Waals surface area contributed by atoms with Crippen LogP contribution in [0.25, 0.3) is 22.3 Å². The van der Waals surface area contributed by atoms with Crippen molar-refractivity contribution in [2.75, 3.05) is 24.6 Å². The molecule has 4 heterocycles. The van der Waals surface area contributed by atoms with E-state index in [9.17, 15) is 9.18 Å². The average molecular weight is 481 g/mol. The van der Waals surface area contributed by atoms with Crippen molar-refractivity contribution >= 4 is 28.6 Å². The van der Waals surface area contributed by atoms with Crippen molar-refractivity contribution in [3.05, 3.63) is 74.8 Å². The Hall–Kier alpha value is -3.43. The van der Waals surface area contributed by atoms with Gasteiger partial charge in [-0.3, -0.25) is 14.3 Å². The van der Waals surface area contributed by atoms with Gasteiger partial charge in [0, 0.05) is 36.1 Å². The molecule has 0 aliphatic carbocycles. The normalized spacial score (nSPS) is 16.3. The minimum absolute atomic E-state index is 0.130. The van der Waals surface area contributed by atoms with Gasteiger partial charge in [0.05, 0.1) is 13.2 Å². The molecule has 5 rings (SSSR count). The molecule has 8 nitrogen and oxygen atoms in total. The molecule has 10 heteroatoms. The first kappa shape index (κ1) is 22.4. The molecule has 1 fully saturated rings. The van der Waals surface area contributed by atoms with Gasteiger partial charge in [0.25, 0.3) is 5.56 Å². The van der Waals surface area contributed by atoms with Crippen LogP contribution in [0.5, 0.6) is 0 Å². The summed E-state index contributed by atoms with van der Waals surface area (Å²) in [5.41, 5.74) is 2.40. The van der Waals surface area contributed by atoms with Crippen LogP contribution in [0.1, 0.15) is 23.2 Å². The molecule has 1 saturated heterocycles. The molecule has 0 bridgehead atoms. The Morgan fingerprint density at radius 3 is 2.71 bits per heavy atom. The molecule has 0 saturated carbocycles. The Morgan fingerprint density at radius 2 is 1.94 bits per heavy atom. The fourth-order valence-corrected chi connectivity index (χ4v) is 4.21. The molecule has 1 aromatic carbocycles. The summed E-state index contributed by atoms with van der Waals surface area (Å²) >= 11 is 5.96. The Kier molecular flexibility index (Phi) is 5.75. The summed E-state index contributed by atoms with van der Waals surface area (Å²) in [5.74, 6) is 0.244. The topological polar surface area (TPSA) is 86.0 Å². The summed E-state index contributed by atoms with van der Waals surface area (Å²) in [6, 6.07) is 8.23. The number of aromatic nitrogens is 5. The molecular weight excluding hydrogens is 459 g/mol. The monoisotopic (exact) mass is 480 g/mol. The second kappa shape index (κ2) is 8.73. The van der Waals surface area contributed by atoms with Gasteiger partial charge >= 0.3 is 0 Å². The van der Waals surface area contributed by atoms with Gasteiger partial charge in [0.1, 0.15) is 29.0 Å². The first-order valence-electron chi connectivity index (χ1n) is 10.8. The fourth-order valence-electron chi connectivity index (χ4n) is 4.05. The molecular formula is C24H22ClFN6O2. The lowest BCUT2D eigenvalue weighted by molar-refractivity contribution is 0.0391. The van der Waals surface area contributed by atoms with Crippen LogP contribution in [-0.2, 0) is 11.8 Å². The quantitative estimate of drug-likeness (QED) is 0.441. The van der Waals surface area contributed by atoms with Gasteiger partial charge in [0.2, 0.25) is 5.95 Å². The molecule has 1 aliphatic rings. The standard InChI is InChI=1S/C24H22ClFN6O2/c1-13-10-15(6-7-27-13)19-12-32(8-9-34-19)24-29-20(17-5-4-16(25)11-18(17)26)21-22(30-24)23(33)31(3)14(2)28-21/h4-7,10-11,19H,8-9,12H2,1-3H3/t19-/m1/s1. The Balaban J connectivity index is 1.66. The van der Waals surface area contributed by atoms with Crippen molar-refractivity contribution in [2.24, 2.45) is 7.05 Å². The lowest BCUT2D eigenvalue weighted by Crippen LogP contribution is -2.39. The Labute approximate surface area is 200 Å². The number of pyridine rings is 1. The van der Waals surface area contributed by atoms with Crippen LogP contribution in [0.3, 0.4) is 0 Å². The number of fused-ring (bicyclic) bond motifs is 1. The van der Waals surface area contributed by atoms with Crippen molar-refractivity contribution in [1.29, 1.82) is 0 Å². The highest BCUT2D eigenvalue weighted by molar-refractivity contribution is 6.30. The third kappa shape index (κ3) is 4.01. The van der Waals surface area contributed by atoms with E-state index in [4.69, 9.17) is 21.3 Å². The summed E-state index contributed by atoms with van der Waals surface area (Å²) in [6.07, 6.45) is 1.53. The molecule has 0 amide bonds. The molecule has 1 atom stereocenters. The van der Waals surface area contributed by atoms with E-state index >= 15 is 0 Å². The summed E-state index contributed by atoms with van der Waals surface area (Å²) in [6.45, 7) is 5.07. The SMILES string of the molecule is Cc1cc([C@H]2CN(c3nc(-c4ccc(Cl)cc4F)c4nc(C)n(C)c(=O)c4n3)CCO2)ccn1. The summed E-state index contributed by atoms with van der Waals surface area (Å²) < 4.78 is 22.3. The zero-order valence-electron chi connectivity index (χ0n) is 18.9. The molecule has 0 spiro atoms. The molecule has 0 unspecified atom stereocenters. The number of halogens is 2. The number of hydrogen-bond acceptors (Lipinski definition) is 7. The van der Waals surface area contributed by atoms with Crippen LogP contribution in [0.4, 0.5) is 10.3 Å². The van der Waals surface area contributed by atoms with Crippen LogP contribution in [-0.4, -0.2) is 44.2 Å². The highest BCUT2D eigenvalue weighted by Gasteiger charge is 2.27. The van der Waals surface area contributed by atoms with Gasteiger partial charge in [0.15, 0.2) is 5.52 Å². The van der Waals surface area contributed by atoms with E-state index in [2.05, 4.69) is 15.0 Å². The third-order valence-corrected chi connectivity index (χ3v) is 6.20. The molecule has 1 aliphatic heterocycles. The van der Waals surface area contributed by atoms with E-state index in [1.54, 1.807) is 32.3 Å². The zero-order valence-corrected chi connectivity index (χ0v) is 19.7. The second-order valence-electron chi connectivity index (χ2n) is 8.25. The lowest BCUT2D eigenvalue weighted by Gasteiger charge is -2.33. The Morgan fingerprint density at radius 1 is 1.12 bits per heavy atom. The number of aryl methyl sites for hydroxylation is 2.